The average Bonchev–Trinajstić information content (AvgIpc) is 2.69. The van der Waals surface area contributed by atoms with Crippen LogP contribution in [-0.2, 0) is 6.61 Å². The Balaban J connectivity index is 1.67. The second-order valence-corrected chi connectivity index (χ2v) is 8.39. The van der Waals surface area contributed by atoms with E-state index < -0.39 is 0 Å². The highest BCUT2D eigenvalue weighted by molar-refractivity contribution is 9.10. The largest absolute Gasteiger partial charge is 0.488 e. The summed E-state index contributed by atoms with van der Waals surface area (Å²) in [6.45, 7) is 4.26. The quantitative estimate of drug-likeness (QED) is 0.298. The molecule has 0 aliphatic carbocycles. The van der Waals surface area contributed by atoms with Gasteiger partial charge in [-0.2, -0.15) is 5.10 Å². The van der Waals surface area contributed by atoms with Gasteiger partial charge in [0, 0.05) is 20.1 Å². The van der Waals surface area contributed by atoms with Crippen LogP contribution in [0.1, 0.15) is 32.6 Å². The molecule has 1 N–H and O–H groups in total. The third-order valence-corrected chi connectivity index (χ3v) is 5.65. The fraction of sp³-hybridized carbons (Fsp3) is 0.130. The van der Waals surface area contributed by atoms with E-state index in [-0.39, 0.29) is 5.91 Å². The number of carbonyl (C=O) groups is 1. The van der Waals surface area contributed by atoms with Crippen LogP contribution in [0.15, 0.2) is 64.2 Å². The van der Waals surface area contributed by atoms with Gasteiger partial charge in [-0.25, -0.2) is 5.43 Å². The minimum absolute atomic E-state index is 0.285. The number of nitrogens with zero attached hydrogens (tertiary/aromatic N) is 1. The Labute approximate surface area is 194 Å². The first-order valence-electron chi connectivity index (χ1n) is 9.11. The molecule has 1 amide bonds. The molecule has 3 aromatic carbocycles. The summed E-state index contributed by atoms with van der Waals surface area (Å²) < 4.78 is 6.71. The van der Waals surface area contributed by atoms with E-state index in [0.717, 1.165) is 28.0 Å². The Kier molecular flexibility index (Phi) is 7.53. The SMILES string of the molecule is Cc1cc(/C=N\NC(=O)c2ccccc2Br)cc(C)c1OCc1ccc(Cl)cc1Cl. The zero-order chi connectivity index (χ0) is 21.7. The van der Waals surface area contributed by atoms with Gasteiger partial charge in [0.1, 0.15) is 12.4 Å². The summed E-state index contributed by atoms with van der Waals surface area (Å²) >= 11 is 15.5. The molecule has 4 nitrogen and oxygen atoms in total. The van der Waals surface area contributed by atoms with Gasteiger partial charge in [-0.05, 0) is 82.9 Å². The number of rotatable bonds is 6. The van der Waals surface area contributed by atoms with Gasteiger partial charge in [-0.3, -0.25) is 4.79 Å². The van der Waals surface area contributed by atoms with Gasteiger partial charge >= 0.3 is 0 Å². The third-order valence-electron chi connectivity index (χ3n) is 4.37. The van der Waals surface area contributed by atoms with E-state index >= 15 is 0 Å². The second-order valence-electron chi connectivity index (χ2n) is 6.69. The fourth-order valence-corrected chi connectivity index (χ4v) is 3.87. The van der Waals surface area contributed by atoms with E-state index in [1.165, 1.54) is 0 Å². The van der Waals surface area contributed by atoms with Gasteiger partial charge in [-0.15, -0.1) is 0 Å². The molecule has 0 aromatic heterocycles. The fourth-order valence-electron chi connectivity index (χ4n) is 2.95. The smallest absolute Gasteiger partial charge is 0.272 e. The maximum absolute atomic E-state index is 12.2. The molecule has 0 unspecified atom stereocenters. The first-order valence-corrected chi connectivity index (χ1v) is 10.7. The highest BCUT2D eigenvalue weighted by atomic mass is 79.9. The third kappa shape index (κ3) is 5.63. The standard InChI is InChI=1S/C23H19BrCl2N2O2/c1-14-9-16(12-27-28-23(29)19-5-3-4-6-20(19)24)10-15(2)22(14)30-13-17-7-8-18(25)11-21(17)26/h3-12H,13H2,1-2H3,(H,28,29)/b27-12-. The Hall–Kier alpha value is -2.34. The van der Waals surface area contributed by atoms with Crippen LogP contribution in [0.2, 0.25) is 10.0 Å². The van der Waals surface area contributed by atoms with Crippen molar-refractivity contribution in [3.63, 3.8) is 0 Å². The molecule has 0 fully saturated rings. The molecule has 3 rings (SSSR count). The molecular weight excluding hydrogens is 487 g/mol. The van der Waals surface area contributed by atoms with Crippen molar-refractivity contribution in [3.05, 3.63) is 96.9 Å². The summed E-state index contributed by atoms with van der Waals surface area (Å²) in [7, 11) is 0. The van der Waals surface area contributed by atoms with E-state index in [0.29, 0.717) is 26.7 Å². The van der Waals surface area contributed by atoms with E-state index in [1.807, 2.05) is 38.1 Å². The number of amides is 1. The van der Waals surface area contributed by atoms with Gasteiger partial charge in [0.15, 0.2) is 0 Å². The molecule has 0 aliphatic heterocycles. The number of halogens is 3. The Morgan fingerprint density at radius 3 is 2.47 bits per heavy atom. The molecule has 0 heterocycles. The van der Waals surface area contributed by atoms with Crippen LogP contribution >= 0.6 is 39.1 Å². The van der Waals surface area contributed by atoms with Crippen molar-refractivity contribution in [3.8, 4) is 5.75 Å². The minimum Gasteiger partial charge on any atom is -0.488 e. The van der Waals surface area contributed by atoms with Crippen molar-refractivity contribution in [1.82, 2.24) is 5.43 Å². The molecule has 0 saturated carbocycles. The second kappa shape index (κ2) is 10.1. The predicted molar refractivity (Wildman–Crippen MR) is 126 cm³/mol. The van der Waals surface area contributed by atoms with Crippen molar-refractivity contribution in [1.29, 1.82) is 0 Å². The van der Waals surface area contributed by atoms with Crippen molar-refractivity contribution in [2.45, 2.75) is 20.5 Å². The Morgan fingerprint density at radius 1 is 1.10 bits per heavy atom. The van der Waals surface area contributed by atoms with Gasteiger partial charge in [0.25, 0.3) is 5.91 Å². The number of hydrogen-bond donors (Lipinski definition) is 1. The molecule has 0 aliphatic rings. The monoisotopic (exact) mass is 504 g/mol. The molecule has 7 heteroatoms. The van der Waals surface area contributed by atoms with Gasteiger partial charge in [0.05, 0.1) is 11.8 Å². The molecule has 30 heavy (non-hydrogen) atoms. The molecule has 0 bridgehead atoms. The topological polar surface area (TPSA) is 50.7 Å². The van der Waals surface area contributed by atoms with Gasteiger partial charge in [-0.1, -0.05) is 41.4 Å². The molecule has 3 aromatic rings. The Bertz CT molecular complexity index is 1090. The molecular formula is C23H19BrCl2N2O2. The molecule has 0 spiro atoms. The first-order chi connectivity index (χ1) is 14.3. The first kappa shape index (κ1) is 22.3. The number of benzene rings is 3. The highest BCUT2D eigenvalue weighted by Crippen LogP contribution is 2.27. The highest BCUT2D eigenvalue weighted by Gasteiger charge is 2.10. The summed E-state index contributed by atoms with van der Waals surface area (Å²) in [6, 6.07) is 16.4. The molecule has 0 radical (unpaired) electrons. The summed E-state index contributed by atoms with van der Waals surface area (Å²) in [6.07, 6.45) is 1.61. The van der Waals surface area contributed by atoms with Crippen LogP contribution in [0.3, 0.4) is 0 Å². The van der Waals surface area contributed by atoms with E-state index in [9.17, 15) is 4.79 Å². The predicted octanol–water partition coefficient (Wildman–Crippen LogP) is 6.72. The van der Waals surface area contributed by atoms with Crippen LogP contribution in [0.5, 0.6) is 5.75 Å². The van der Waals surface area contributed by atoms with E-state index in [2.05, 4.69) is 26.5 Å². The molecule has 154 valence electrons. The molecule has 0 atom stereocenters. The van der Waals surface area contributed by atoms with Crippen molar-refractivity contribution in [2.75, 3.05) is 0 Å². The van der Waals surface area contributed by atoms with Gasteiger partial charge in [0.2, 0.25) is 0 Å². The summed E-state index contributed by atoms with van der Waals surface area (Å²) in [5.41, 5.74) is 6.69. The lowest BCUT2D eigenvalue weighted by Crippen LogP contribution is -2.18. The summed E-state index contributed by atoms with van der Waals surface area (Å²) in [5, 5.41) is 5.23. The van der Waals surface area contributed by atoms with Crippen LogP contribution in [0.4, 0.5) is 0 Å². The lowest BCUT2D eigenvalue weighted by molar-refractivity contribution is 0.0954. The number of hydrogen-bond acceptors (Lipinski definition) is 3. The number of hydrazone groups is 1. The summed E-state index contributed by atoms with van der Waals surface area (Å²) in [5.74, 6) is 0.502. The van der Waals surface area contributed by atoms with Gasteiger partial charge < -0.3 is 4.74 Å². The summed E-state index contributed by atoms with van der Waals surface area (Å²) in [4.78, 5) is 12.2. The maximum atomic E-state index is 12.2. The van der Waals surface area contributed by atoms with Crippen LogP contribution in [0, 0.1) is 13.8 Å². The van der Waals surface area contributed by atoms with Crippen molar-refractivity contribution >= 4 is 51.3 Å². The van der Waals surface area contributed by atoms with Crippen LogP contribution < -0.4 is 10.2 Å². The Morgan fingerprint density at radius 2 is 1.80 bits per heavy atom. The molecule has 0 saturated heterocycles. The van der Waals surface area contributed by atoms with Crippen molar-refractivity contribution in [2.24, 2.45) is 5.10 Å². The maximum Gasteiger partial charge on any atom is 0.272 e. The minimum atomic E-state index is -0.285. The van der Waals surface area contributed by atoms with E-state index in [1.54, 1.807) is 36.5 Å². The van der Waals surface area contributed by atoms with E-state index in [4.69, 9.17) is 27.9 Å². The lowest BCUT2D eigenvalue weighted by Gasteiger charge is -2.14. The average molecular weight is 506 g/mol. The number of aryl methyl sites for hydroxylation is 2. The normalized spacial score (nSPS) is 11.0. The van der Waals surface area contributed by atoms with Crippen LogP contribution in [0.25, 0.3) is 0 Å². The van der Waals surface area contributed by atoms with Crippen LogP contribution in [-0.4, -0.2) is 12.1 Å². The zero-order valence-electron chi connectivity index (χ0n) is 16.4. The van der Waals surface area contributed by atoms with Crippen molar-refractivity contribution < 1.29 is 9.53 Å². The number of ether oxygens (including phenoxy) is 1. The number of nitrogens with one attached hydrogen (secondary N) is 1. The lowest BCUT2D eigenvalue weighted by atomic mass is 10.1. The zero-order valence-corrected chi connectivity index (χ0v) is 19.5. The number of carbonyl (C=O) groups excluding carboxylic acids is 1.